The van der Waals surface area contributed by atoms with Crippen LogP contribution < -0.4 is 0 Å². The van der Waals surface area contributed by atoms with E-state index in [0.717, 1.165) is 5.56 Å². The number of benzene rings is 1. The molecule has 0 amide bonds. The van der Waals surface area contributed by atoms with Crippen LogP contribution in [0.15, 0.2) is 30.3 Å². The minimum Gasteiger partial charge on any atom is -0.388 e. The summed E-state index contributed by atoms with van der Waals surface area (Å²) in [6.45, 7) is -0.435. The van der Waals surface area contributed by atoms with Gasteiger partial charge in [-0.25, -0.2) is 0 Å². The number of aliphatic hydroxyl groups is 6. The molecule has 0 radical (unpaired) electrons. The van der Waals surface area contributed by atoms with Gasteiger partial charge in [-0.1, -0.05) is 30.3 Å². The van der Waals surface area contributed by atoms with Crippen molar-refractivity contribution in [2.45, 2.75) is 61.9 Å². The Kier molecular flexibility index (Phi) is 7.34. The standard InChI is InChI=1S/C18H26O10/c19-10-7-26-17(15(23)12(10)20)27-8-11-13(21)14(22)16(24)18(28-11)25-6-9-4-2-1-3-5-9/h1-5,10-24H,6-8H2/t10-,11+,12+,13-,14-,15-,16-,17+,18+/m0/s1. The van der Waals surface area contributed by atoms with E-state index in [0.29, 0.717) is 0 Å². The number of hydrogen-bond donors (Lipinski definition) is 6. The average molecular weight is 402 g/mol. The summed E-state index contributed by atoms with van der Waals surface area (Å²) in [6, 6.07) is 9.14. The van der Waals surface area contributed by atoms with Gasteiger partial charge < -0.3 is 49.6 Å². The third kappa shape index (κ3) is 4.86. The zero-order valence-electron chi connectivity index (χ0n) is 15.0. The minimum absolute atomic E-state index is 0.119. The highest BCUT2D eigenvalue weighted by Gasteiger charge is 2.45. The third-order valence-electron chi connectivity index (χ3n) is 4.80. The maximum absolute atomic E-state index is 10.1. The molecule has 2 fully saturated rings. The molecule has 0 unspecified atom stereocenters. The highest BCUT2D eigenvalue weighted by molar-refractivity contribution is 5.13. The molecule has 0 aliphatic carbocycles. The first-order valence-corrected chi connectivity index (χ1v) is 9.01. The summed E-state index contributed by atoms with van der Waals surface area (Å²) in [7, 11) is 0. The Labute approximate surface area is 161 Å². The maximum atomic E-state index is 10.1. The van der Waals surface area contributed by atoms with E-state index in [1.165, 1.54) is 0 Å². The Bertz CT molecular complexity index is 601. The molecule has 0 bridgehead atoms. The van der Waals surface area contributed by atoms with Gasteiger partial charge in [-0.2, -0.15) is 0 Å². The van der Waals surface area contributed by atoms with Gasteiger partial charge in [-0.05, 0) is 5.56 Å². The molecule has 1 aromatic carbocycles. The fraction of sp³-hybridized carbons (Fsp3) is 0.667. The van der Waals surface area contributed by atoms with Gasteiger partial charge in [-0.15, -0.1) is 0 Å². The van der Waals surface area contributed by atoms with Crippen molar-refractivity contribution >= 4 is 0 Å². The lowest BCUT2D eigenvalue weighted by molar-refractivity contribution is -0.322. The molecule has 1 aromatic rings. The highest BCUT2D eigenvalue weighted by atomic mass is 16.7. The van der Waals surface area contributed by atoms with Crippen LogP contribution in [0.4, 0.5) is 0 Å². The van der Waals surface area contributed by atoms with Gasteiger partial charge in [0, 0.05) is 0 Å². The van der Waals surface area contributed by atoms with Crippen LogP contribution in [0.1, 0.15) is 5.56 Å². The van der Waals surface area contributed by atoms with Crippen molar-refractivity contribution in [3.63, 3.8) is 0 Å². The molecule has 2 aliphatic rings. The van der Waals surface area contributed by atoms with Gasteiger partial charge in [-0.3, -0.25) is 0 Å². The molecule has 9 atom stereocenters. The quantitative estimate of drug-likeness (QED) is 0.300. The van der Waals surface area contributed by atoms with E-state index in [4.69, 9.17) is 18.9 Å². The highest BCUT2D eigenvalue weighted by Crippen LogP contribution is 2.25. The largest absolute Gasteiger partial charge is 0.388 e. The molecule has 10 nitrogen and oxygen atoms in total. The average Bonchev–Trinajstić information content (AvgIpc) is 2.71. The number of ether oxygens (including phenoxy) is 4. The predicted octanol–water partition coefficient (Wildman–Crippen LogP) is -2.53. The zero-order chi connectivity index (χ0) is 20.3. The molecule has 3 rings (SSSR count). The minimum atomic E-state index is -1.53. The normalized spacial score (nSPS) is 41.7. The first kappa shape index (κ1) is 21.5. The van der Waals surface area contributed by atoms with Crippen LogP contribution in [0.3, 0.4) is 0 Å². The van der Waals surface area contributed by atoms with Gasteiger partial charge in [0.2, 0.25) is 0 Å². The van der Waals surface area contributed by atoms with Crippen LogP contribution in [0.5, 0.6) is 0 Å². The summed E-state index contributed by atoms with van der Waals surface area (Å²) in [4.78, 5) is 0. The van der Waals surface area contributed by atoms with Crippen molar-refractivity contribution < 1.29 is 49.6 Å². The Morgan fingerprint density at radius 2 is 1.46 bits per heavy atom. The Hall–Kier alpha value is -1.18. The van der Waals surface area contributed by atoms with E-state index in [-0.39, 0.29) is 19.8 Å². The molecule has 0 aromatic heterocycles. The molecule has 6 N–H and O–H groups in total. The lowest BCUT2D eigenvalue weighted by atomic mass is 9.99. The monoisotopic (exact) mass is 402 g/mol. The summed E-state index contributed by atoms with van der Waals surface area (Å²) in [5.74, 6) is 0. The molecule has 2 saturated heterocycles. The van der Waals surface area contributed by atoms with Crippen molar-refractivity contribution in [1.29, 1.82) is 0 Å². The third-order valence-corrected chi connectivity index (χ3v) is 4.80. The predicted molar refractivity (Wildman–Crippen MR) is 91.6 cm³/mol. The second-order valence-corrected chi connectivity index (χ2v) is 6.89. The van der Waals surface area contributed by atoms with E-state index in [1.54, 1.807) is 0 Å². The van der Waals surface area contributed by atoms with Crippen LogP contribution in [0.2, 0.25) is 0 Å². The van der Waals surface area contributed by atoms with Gasteiger partial charge in [0.1, 0.15) is 42.7 Å². The number of rotatable bonds is 6. The fourth-order valence-electron chi connectivity index (χ4n) is 3.06. The van der Waals surface area contributed by atoms with Crippen molar-refractivity contribution in [1.82, 2.24) is 0 Å². The summed E-state index contributed by atoms with van der Waals surface area (Å²) in [6.07, 6.45) is -12.2. The lowest BCUT2D eigenvalue weighted by Crippen LogP contribution is -2.60. The van der Waals surface area contributed by atoms with Crippen molar-refractivity contribution in [2.24, 2.45) is 0 Å². The van der Waals surface area contributed by atoms with E-state index in [2.05, 4.69) is 0 Å². The molecule has 28 heavy (non-hydrogen) atoms. The van der Waals surface area contributed by atoms with Gasteiger partial charge in [0.25, 0.3) is 0 Å². The van der Waals surface area contributed by atoms with Crippen LogP contribution in [0.25, 0.3) is 0 Å². The Morgan fingerprint density at radius 1 is 0.786 bits per heavy atom. The number of hydrogen-bond acceptors (Lipinski definition) is 10. The topological polar surface area (TPSA) is 158 Å². The molecule has 158 valence electrons. The van der Waals surface area contributed by atoms with Crippen molar-refractivity contribution in [3.8, 4) is 0 Å². The second kappa shape index (κ2) is 9.55. The van der Waals surface area contributed by atoms with Gasteiger partial charge in [0.05, 0.1) is 19.8 Å². The second-order valence-electron chi connectivity index (χ2n) is 6.89. The lowest BCUT2D eigenvalue weighted by Gasteiger charge is -2.41. The molecule has 10 heteroatoms. The van der Waals surface area contributed by atoms with Crippen LogP contribution in [-0.4, -0.2) is 99.2 Å². The van der Waals surface area contributed by atoms with Gasteiger partial charge in [0.15, 0.2) is 12.6 Å². The summed E-state index contributed by atoms with van der Waals surface area (Å²) >= 11 is 0. The number of aliphatic hydroxyl groups excluding tert-OH is 6. The summed E-state index contributed by atoms with van der Waals surface area (Å²) in [5, 5.41) is 59.3. The van der Waals surface area contributed by atoms with E-state index in [9.17, 15) is 30.6 Å². The van der Waals surface area contributed by atoms with E-state index >= 15 is 0 Å². The molecular weight excluding hydrogens is 376 g/mol. The van der Waals surface area contributed by atoms with Crippen molar-refractivity contribution in [2.75, 3.05) is 13.2 Å². The van der Waals surface area contributed by atoms with Crippen LogP contribution >= 0.6 is 0 Å². The first-order valence-electron chi connectivity index (χ1n) is 9.01. The SMILES string of the molecule is O[C@@H]1[C@H](O)[C@H](OCc2ccccc2)O[C@H](CO[C@H]2OC[C@H](O)[C@@H](O)[C@@H]2O)[C@@H]1O. The molecule has 0 saturated carbocycles. The molecule has 2 aliphatic heterocycles. The van der Waals surface area contributed by atoms with E-state index in [1.807, 2.05) is 30.3 Å². The van der Waals surface area contributed by atoms with Gasteiger partial charge >= 0.3 is 0 Å². The molecular formula is C18H26O10. The molecule has 2 heterocycles. The first-order chi connectivity index (χ1) is 13.4. The molecule has 0 spiro atoms. The van der Waals surface area contributed by atoms with Crippen molar-refractivity contribution in [3.05, 3.63) is 35.9 Å². The Morgan fingerprint density at radius 3 is 2.18 bits per heavy atom. The smallest absolute Gasteiger partial charge is 0.187 e. The van der Waals surface area contributed by atoms with Crippen LogP contribution in [-0.2, 0) is 25.6 Å². The zero-order valence-corrected chi connectivity index (χ0v) is 15.0. The van der Waals surface area contributed by atoms with E-state index < -0.39 is 55.3 Å². The fourth-order valence-corrected chi connectivity index (χ4v) is 3.06. The maximum Gasteiger partial charge on any atom is 0.187 e. The summed E-state index contributed by atoms with van der Waals surface area (Å²) < 4.78 is 21.5. The van der Waals surface area contributed by atoms with Crippen LogP contribution in [0, 0.1) is 0 Å². The Balaban J connectivity index is 1.56. The summed E-state index contributed by atoms with van der Waals surface area (Å²) in [5.41, 5.74) is 0.831.